The lowest BCUT2D eigenvalue weighted by molar-refractivity contribution is 0.00739. The first-order valence-corrected chi connectivity index (χ1v) is 7.88. The van der Waals surface area contributed by atoms with E-state index in [0.29, 0.717) is 5.92 Å². The summed E-state index contributed by atoms with van der Waals surface area (Å²) >= 11 is 0. The molecule has 1 fully saturated rings. The van der Waals surface area contributed by atoms with Crippen molar-refractivity contribution >= 4 is 0 Å². The van der Waals surface area contributed by atoms with Gasteiger partial charge in [0.1, 0.15) is 6.33 Å². The maximum absolute atomic E-state index is 5.89. The maximum Gasteiger partial charge on any atom is 0.115 e. The van der Waals surface area contributed by atoms with Gasteiger partial charge in [0.15, 0.2) is 0 Å². The Hall–Kier alpha value is -1.00. The molecule has 4 heteroatoms. The molecule has 2 unspecified atom stereocenters. The molecule has 4 nitrogen and oxygen atoms in total. The smallest absolute Gasteiger partial charge is 0.115 e. The summed E-state index contributed by atoms with van der Waals surface area (Å²) in [5, 5.41) is 3.63. The number of nitrogens with zero attached hydrogens (tertiary/aromatic N) is 2. The predicted octanol–water partition coefficient (Wildman–Crippen LogP) is 3.11. The van der Waals surface area contributed by atoms with E-state index >= 15 is 0 Å². The van der Waals surface area contributed by atoms with Gasteiger partial charge in [-0.1, -0.05) is 26.2 Å². The van der Waals surface area contributed by atoms with Gasteiger partial charge in [0.05, 0.1) is 12.1 Å². The molecule has 0 saturated heterocycles. The second-order valence-electron chi connectivity index (χ2n) is 5.70. The van der Waals surface area contributed by atoms with E-state index < -0.39 is 0 Å². The standard InChI is InChI=1S/C16H27N3O/c1-3-9-19-15(14-10-17-12-18-11-14)16(20-2)13-7-5-4-6-8-13/h10-13,15-16,19H,3-9H2,1-2H3. The van der Waals surface area contributed by atoms with Crippen LogP contribution in [0, 0.1) is 5.92 Å². The molecule has 2 rings (SSSR count). The zero-order valence-corrected chi connectivity index (χ0v) is 12.7. The fourth-order valence-electron chi connectivity index (χ4n) is 3.26. The summed E-state index contributed by atoms with van der Waals surface area (Å²) in [5.74, 6) is 0.642. The molecule has 1 heterocycles. The van der Waals surface area contributed by atoms with E-state index in [4.69, 9.17) is 4.74 Å². The van der Waals surface area contributed by atoms with Crippen molar-refractivity contribution in [3.05, 3.63) is 24.3 Å². The molecule has 0 aromatic carbocycles. The van der Waals surface area contributed by atoms with E-state index in [2.05, 4.69) is 22.2 Å². The summed E-state index contributed by atoms with van der Waals surface area (Å²) in [6.07, 6.45) is 13.3. The van der Waals surface area contributed by atoms with Gasteiger partial charge in [0.2, 0.25) is 0 Å². The molecule has 0 bridgehead atoms. The van der Waals surface area contributed by atoms with E-state index in [1.54, 1.807) is 6.33 Å². The molecular formula is C16H27N3O. The summed E-state index contributed by atoms with van der Waals surface area (Å²) < 4.78 is 5.89. The van der Waals surface area contributed by atoms with Crippen LogP contribution in [0.5, 0.6) is 0 Å². The molecule has 0 aliphatic heterocycles. The number of ether oxygens (including phenoxy) is 1. The Bertz CT molecular complexity index is 365. The normalized spacial score (nSPS) is 19.7. The van der Waals surface area contributed by atoms with Crippen LogP contribution in [0.25, 0.3) is 0 Å². The molecule has 112 valence electrons. The van der Waals surface area contributed by atoms with Gasteiger partial charge in [-0.25, -0.2) is 9.97 Å². The third-order valence-corrected chi connectivity index (χ3v) is 4.27. The number of hydrogen-bond acceptors (Lipinski definition) is 4. The fraction of sp³-hybridized carbons (Fsp3) is 0.750. The lowest BCUT2D eigenvalue weighted by Gasteiger charge is -2.35. The molecule has 0 radical (unpaired) electrons. The lowest BCUT2D eigenvalue weighted by Crippen LogP contribution is -2.39. The Balaban J connectivity index is 2.14. The van der Waals surface area contributed by atoms with Crippen molar-refractivity contribution in [1.82, 2.24) is 15.3 Å². The van der Waals surface area contributed by atoms with E-state index in [0.717, 1.165) is 18.5 Å². The summed E-state index contributed by atoms with van der Waals surface area (Å²) in [7, 11) is 1.84. The second kappa shape index (κ2) is 8.32. The number of aromatic nitrogens is 2. The Morgan fingerprint density at radius 2 is 1.95 bits per heavy atom. The predicted molar refractivity (Wildman–Crippen MR) is 80.4 cm³/mol. The van der Waals surface area contributed by atoms with Crippen molar-refractivity contribution in [2.45, 2.75) is 57.6 Å². The first kappa shape index (κ1) is 15.4. The summed E-state index contributed by atoms with van der Waals surface area (Å²) in [6.45, 7) is 3.18. The topological polar surface area (TPSA) is 47.0 Å². The molecule has 0 amide bonds. The van der Waals surface area contributed by atoms with Crippen LogP contribution in [0.3, 0.4) is 0 Å². The molecule has 0 spiro atoms. The van der Waals surface area contributed by atoms with Gasteiger partial charge >= 0.3 is 0 Å². The highest BCUT2D eigenvalue weighted by Crippen LogP contribution is 2.33. The molecule has 1 aromatic rings. The average molecular weight is 277 g/mol. The van der Waals surface area contributed by atoms with E-state index in [-0.39, 0.29) is 12.1 Å². The first-order chi connectivity index (χ1) is 9.86. The van der Waals surface area contributed by atoms with Crippen LogP contribution in [0.1, 0.15) is 57.1 Å². The third kappa shape index (κ3) is 4.00. The number of methoxy groups -OCH3 is 1. The highest BCUT2D eigenvalue weighted by atomic mass is 16.5. The van der Waals surface area contributed by atoms with E-state index in [1.165, 1.54) is 32.1 Å². The summed E-state index contributed by atoms with van der Waals surface area (Å²) in [4.78, 5) is 8.34. The minimum absolute atomic E-state index is 0.198. The van der Waals surface area contributed by atoms with Crippen molar-refractivity contribution in [3.8, 4) is 0 Å². The highest BCUT2D eigenvalue weighted by molar-refractivity contribution is 5.12. The van der Waals surface area contributed by atoms with Crippen molar-refractivity contribution in [2.24, 2.45) is 5.92 Å². The number of nitrogens with one attached hydrogen (secondary N) is 1. The van der Waals surface area contributed by atoms with Gasteiger partial charge in [-0.3, -0.25) is 0 Å². The Kier molecular flexibility index (Phi) is 6.40. The molecule has 1 aromatic heterocycles. The number of rotatable bonds is 7. The van der Waals surface area contributed by atoms with Crippen molar-refractivity contribution in [1.29, 1.82) is 0 Å². The lowest BCUT2D eigenvalue weighted by atomic mass is 9.81. The zero-order valence-electron chi connectivity index (χ0n) is 12.7. The van der Waals surface area contributed by atoms with Crippen molar-refractivity contribution < 1.29 is 4.74 Å². The van der Waals surface area contributed by atoms with Crippen LogP contribution in [-0.4, -0.2) is 29.7 Å². The van der Waals surface area contributed by atoms with Crippen LogP contribution in [0.2, 0.25) is 0 Å². The second-order valence-corrected chi connectivity index (χ2v) is 5.70. The Morgan fingerprint density at radius 3 is 2.55 bits per heavy atom. The third-order valence-electron chi connectivity index (χ3n) is 4.27. The molecule has 2 atom stereocenters. The summed E-state index contributed by atoms with van der Waals surface area (Å²) in [6, 6.07) is 0.198. The molecular weight excluding hydrogens is 250 g/mol. The van der Waals surface area contributed by atoms with Crippen LogP contribution < -0.4 is 5.32 Å². The fourth-order valence-corrected chi connectivity index (χ4v) is 3.26. The largest absolute Gasteiger partial charge is 0.379 e. The van der Waals surface area contributed by atoms with Crippen LogP contribution >= 0.6 is 0 Å². The minimum Gasteiger partial charge on any atom is -0.379 e. The van der Waals surface area contributed by atoms with Gasteiger partial charge in [-0.05, 0) is 31.7 Å². The molecule has 1 aliphatic rings. The highest BCUT2D eigenvalue weighted by Gasteiger charge is 2.31. The van der Waals surface area contributed by atoms with Gasteiger partial charge in [-0.15, -0.1) is 0 Å². The molecule has 1 N–H and O–H groups in total. The van der Waals surface area contributed by atoms with Gasteiger partial charge in [-0.2, -0.15) is 0 Å². The van der Waals surface area contributed by atoms with E-state index in [9.17, 15) is 0 Å². The Labute approximate surface area is 122 Å². The Morgan fingerprint density at radius 1 is 1.25 bits per heavy atom. The minimum atomic E-state index is 0.198. The van der Waals surface area contributed by atoms with Crippen LogP contribution in [0.15, 0.2) is 18.7 Å². The van der Waals surface area contributed by atoms with E-state index in [1.807, 2.05) is 19.5 Å². The molecule has 1 aliphatic carbocycles. The maximum atomic E-state index is 5.89. The molecule has 1 saturated carbocycles. The SMILES string of the molecule is CCCNC(c1cncnc1)C(OC)C1CCCCC1. The van der Waals surface area contributed by atoms with Gasteiger partial charge < -0.3 is 10.1 Å². The van der Waals surface area contributed by atoms with Gasteiger partial charge in [0, 0.05) is 25.1 Å². The monoisotopic (exact) mass is 277 g/mol. The van der Waals surface area contributed by atoms with Crippen molar-refractivity contribution in [2.75, 3.05) is 13.7 Å². The average Bonchev–Trinajstić information content (AvgIpc) is 2.53. The zero-order chi connectivity index (χ0) is 14.2. The van der Waals surface area contributed by atoms with Crippen molar-refractivity contribution in [3.63, 3.8) is 0 Å². The quantitative estimate of drug-likeness (QED) is 0.832. The van der Waals surface area contributed by atoms with Gasteiger partial charge in [0.25, 0.3) is 0 Å². The first-order valence-electron chi connectivity index (χ1n) is 7.88. The van der Waals surface area contributed by atoms with Crippen LogP contribution in [0.4, 0.5) is 0 Å². The summed E-state index contributed by atoms with van der Waals surface area (Å²) in [5.41, 5.74) is 1.14. The number of hydrogen-bond donors (Lipinski definition) is 1. The molecule has 20 heavy (non-hydrogen) atoms. The van der Waals surface area contributed by atoms with Crippen LogP contribution in [-0.2, 0) is 4.74 Å².